The number of hydrogen-bond acceptors (Lipinski definition) is 3. The Hall–Kier alpha value is -0.130. The second kappa shape index (κ2) is 8.88. The Morgan fingerprint density at radius 2 is 1.56 bits per heavy atom. The van der Waals surface area contributed by atoms with Crippen LogP contribution in [0.2, 0.25) is 0 Å². The maximum absolute atomic E-state index is 11.1. The topological polar surface area (TPSA) is 58.2 Å². The maximum atomic E-state index is 11.1. The summed E-state index contributed by atoms with van der Waals surface area (Å²) in [4.78, 5) is 0. The molecular formula is C13H30N2O2S. The molecule has 2 N–H and O–H groups in total. The molecule has 0 aliphatic heterocycles. The van der Waals surface area contributed by atoms with E-state index in [2.05, 4.69) is 17.0 Å². The third-order valence-corrected chi connectivity index (χ3v) is 3.66. The monoisotopic (exact) mass is 278 g/mol. The van der Waals surface area contributed by atoms with E-state index in [1.54, 1.807) is 0 Å². The second-order valence-electron chi connectivity index (χ2n) is 5.70. The van der Waals surface area contributed by atoms with Gasteiger partial charge in [0.05, 0.1) is 6.26 Å². The molecule has 0 atom stereocenters. The van der Waals surface area contributed by atoms with Crippen molar-refractivity contribution < 1.29 is 8.42 Å². The Labute approximate surface area is 113 Å². The Balaban J connectivity index is 3.53. The van der Waals surface area contributed by atoms with Crippen LogP contribution in [-0.2, 0) is 10.0 Å². The Morgan fingerprint density at radius 1 is 1.00 bits per heavy atom. The molecule has 0 heterocycles. The zero-order valence-corrected chi connectivity index (χ0v) is 13.2. The van der Waals surface area contributed by atoms with Gasteiger partial charge in [-0.2, -0.15) is 0 Å². The summed E-state index contributed by atoms with van der Waals surface area (Å²) in [6.45, 7) is 7.62. The van der Waals surface area contributed by atoms with E-state index < -0.39 is 15.6 Å². The first-order chi connectivity index (χ1) is 8.27. The van der Waals surface area contributed by atoms with Crippen LogP contribution in [-0.4, -0.2) is 33.3 Å². The lowest BCUT2D eigenvalue weighted by atomic mass is 10.1. The fourth-order valence-electron chi connectivity index (χ4n) is 1.97. The number of sulfonamides is 1. The lowest BCUT2D eigenvalue weighted by Crippen LogP contribution is -2.50. The van der Waals surface area contributed by atoms with Crippen molar-refractivity contribution in [2.45, 2.75) is 64.8 Å². The van der Waals surface area contributed by atoms with Crippen LogP contribution in [0.5, 0.6) is 0 Å². The highest BCUT2D eigenvalue weighted by Crippen LogP contribution is 2.05. The van der Waals surface area contributed by atoms with Crippen molar-refractivity contribution in [2.24, 2.45) is 0 Å². The first-order valence-corrected chi connectivity index (χ1v) is 8.85. The molecule has 0 amide bonds. The van der Waals surface area contributed by atoms with E-state index in [0.717, 1.165) is 6.54 Å². The van der Waals surface area contributed by atoms with Crippen molar-refractivity contribution in [1.82, 2.24) is 10.0 Å². The Morgan fingerprint density at radius 3 is 2.11 bits per heavy atom. The van der Waals surface area contributed by atoms with Gasteiger partial charge in [0.25, 0.3) is 0 Å². The van der Waals surface area contributed by atoms with E-state index in [0.29, 0.717) is 6.54 Å². The van der Waals surface area contributed by atoms with Crippen molar-refractivity contribution in [3.8, 4) is 0 Å². The van der Waals surface area contributed by atoms with Gasteiger partial charge in [-0.3, -0.25) is 0 Å². The largest absolute Gasteiger partial charge is 0.315 e. The molecule has 0 aliphatic carbocycles. The van der Waals surface area contributed by atoms with E-state index in [-0.39, 0.29) is 0 Å². The maximum Gasteiger partial charge on any atom is 0.209 e. The molecule has 0 unspecified atom stereocenters. The van der Waals surface area contributed by atoms with Gasteiger partial charge in [0.1, 0.15) is 0 Å². The first-order valence-electron chi connectivity index (χ1n) is 6.96. The summed E-state index contributed by atoms with van der Waals surface area (Å²) in [6, 6.07) is 0. The standard InChI is InChI=1S/C13H30N2O2S/c1-5-6-7-8-9-10-11-14-12-13(2,3)15-18(4,16)17/h14-15H,5-12H2,1-4H3. The highest BCUT2D eigenvalue weighted by atomic mass is 32.2. The van der Waals surface area contributed by atoms with Crippen LogP contribution in [0.15, 0.2) is 0 Å². The van der Waals surface area contributed by atoms with Crippen molar-refractivity contribution in [3.05, 3.63) is 0 Å². The molecule has 0 spiro atoms. The van der Waals surface area contributed by atoms with E-state index in [4.69, 9.17) is 0 Å². The molecule has 0 fully saturated rings. The summed E-state index contributed by atoms with van der Waals surface area (Å²) >= 11 is 0. The molecule has 4 nitrogen and oxygen atoms in total. The molecule has 0 saturated carbocycles. The van der Waals surface area contributed by atoms with Gasteiger partial charge in [-0.25, -0.2) is 13.1 Å². The minimum absolute atomic E-state index is 0.421. The van der Waals surface area contributed by atoms with E-state index in [9.17, 15) is 8.42 Å². The summed E-state index contributed by atoms with van der Waals surface area (Å²) in [5, 5.41) is 3.31. The van der Waals surface area contributed by atoms with E-state index in [1.165, 1.54) is 44.8 Å². The highest BCUT2D eigenvalue weighted by molar-refractivity contribution is 7.88. The second-order valence-corrected chi connectivity index (χ2v) is 7.45. The third-order valence-electron chi connectivity index (χ3n) is 2.74. The van der Waals surface area contributed by atoms with Crippen LogP contribution in [0, 0.1) is 0 Å². The number of unbranched alkanes of at least 4 members (excludes halogenated alkanes) is 5. The normalized spacial score (nSPS) is 12.9. The van der Waals surface area contributed by atoms with Crippen LogP contribution in [0.4, 0.5) is 0 Å². The van der Waals surface area contributed by atoms with Crippen molar-refractivity contribution in [2.75, 3.05) is 19.3 Å². The van der Waals surface area contributed by atoms with Crippen LogP contribution < -0.4 is 10.0 Å². The summed E-state index contributed by atoms with van der Waals surface area (Å²) in [5.41, 5.74) is -0.421. The van der Waals surface area contributed by atoms with Gasteiger partial charge in [0, 0.05) is 12.1 Å². The average Bonchev–Trinajstić information content (AvgIpc) is 2.18. The summed E-state index contributed by atoms with van der Waals surface area (Å²) in [6.07, 6.45) is 8.87. The summed E-state index contributed by atoms with van der Waals surface area (Å²) in [7, 11) is -3.13. The molecule has 0 aromatic heterocycles. The lowest BCUT2D eigenvalue weighted by molar-refractivity contribution is 0.417. The molecule has 0 saturated heterocycles. The molecular weight excluding hydrogens is 248 g/mol. The molecule has 5 heteroatoms. The molecule has 0 radical (unpaired) electrons. The van der Waals surface area contributed by atoms with Crippen LogP contribution >= 0.6 is 0 Å². The summed E-state index contributed by atoms with van der Waals surface area (Å²) in [5.74, 6) is 0. The smallest absolute Gasteiger partial charge is 0.209 e. The number of nitrogens with one attached hydrogen (secondary N) is 2. The van der Waals surface area contributed by atoms with Gasteiger partial charge < -0.3 is 5.32 Å². The highest BCUT2D eigenvalue weighted by Gasteiger charge is 2.21. The third kappa shape index (κ3) is 12.3. The van der Waals surface area contributed by atoms with Gasteiger partial charge in [-0.05, 0) is 26.8 Å². The van der Waals surface area contributed by atoms with Crippen molar-refractivity contribution in [3.63, 3.8) is 0 Å². The van der Waals surface area contributed by atoms with Crippen molar-refractivity contribution in [1.29, 1.82) is 0 Å². The van der Waals surface area contributed by atoms with Crippen LogP contribution in [0.1, 0.15) is 59.3 Å². The predicted molar refractivity (Wildman–Crippen MR) is 78.3 cm³/mol. The lowest BCUT2D eigenvalue weighted by Gasteiger charge is -2.25. The molecule has 0 rings (SSSR count). The minimum atomic E-state index is -3.13. The SMILES string of the molecule is CCCCCCCCNCC(C)(C)NS(C)(=O)=O. The molecule has 18 heavy (non-hydrogen) atoms. The number of hydrogen-bond donors (Lipinski definition) is 2. The first kappa shape index (κ1) is 17.9. The van der Waals surface area contributed by atoms with Gasteiger partial charge >= 0.3 is 0 Å². The van der Waals surface area contributed by atoms with Crippen LogP contribution in [0.25, 0.3) is 0 Å². The van der Waals surface area contributed by atoms with E-state index in [1.807, 2.05) is 13.8 Å². The Kier molecular flexibility index (Phi) is 8.82. The van der Waals surface area contributed by atoms with Crippen LogP contribution in [0.3, 0.4) is 0 Å². The average molecular weight is 278 g/mol. The predicted octanol–water partition coefficient (Wildman–Crippen LogP) is 2.26. The summed E-state index contributed by atoms with van der Waals surface area (Å²) < 4.78 is 24.9. The minimum Gasteiger partial charge on any atom is -0.315 e. The number of rotatable bonds is 11. The van der Waals surface area contributed by atoms with Gasteiger partial charge in [-0.1, -0.05) is 39.0 Å². The van der Waals surface area contributed by atoms with Crippen molar-refractivity contribution >= 4 is 10.0 Å². The Bertz CT molecular complexity index is 300. The quantitative estimate of drug-likeness (QED) is 0.570. The zero-order chi connectivity index (χ0) is 14.1. The fraction of sp³-hybridized carbons (Fsp3) is 1.00. The van der Waals surface area contributed by atoms with E-state index >= 15 is 0 Å². The molecule has 0 aliphatic rings. The molecule has 0 bridgehead atoms. The molecule has 0 aromatic rings. The van der Waals surface area contributed by atoms with Gasteiger partial charge in [0.2, 0.25) is 10.0 Å². The molecule has 110 valence electrons. The van der Waals surface area contributed by atoms with Gasteiger partial charge in [0.15, 0.2) is 0 Å². The fourth-order valence-corrected chi connectivity index (χ4v) is 3.05. The zero-order valence-electron chi connectivity index (χ0n) is 12.4. The molecule has 0 aromatic carbocycles. The van der Waals surface area contributed by atoms with Gasteiger partial charge in [-0.15, -0.1) is 0 Å².